The summed E-state index contributed by atoms with van der Waals surface area (Å²) in [7, 11) is 0. The lowest BCUT2D eigenvalue weighted by Gasteiger charge is -2.37. The number of primary amides is 1. The molecular formula is C26H30N6O3. The minimum Gasteiger partial charge on any atom is -0.369 e. The van der Waals surface area contributed by atoms with Gasteiger partial charge in [-0.25, -0.2) is 4.68 Å². The smallest absolute Gasteiger partial charge is 0.259 e. The van der Waals surface area contributed by atoms with Gasteiger partial charge in [0.05, 0.1) is 17.8 Å². The van der Waals surface area contributed by atoms with E-state index in [-0.39, 0.29) is 29.6 Å². The maximum Gasteiger partial charge on any atom is 0.259 e. The summed E-state index contributed by atoms with van der Waals surface area (Å²) in [5.41, 5.74) is 6.79. The molecule has 4 heterocycles. The zero-order chi connectivity index (χ0) is 24.4. The zero-order valence-electron chi connectivity index (χ0n) is 19.6. The Morgan fingerprint density at radius 1 is 0.857 bits per heavy atom. The summed E-state index contributed by atoms with van der Waals surface area (Å²) in [6.45, 7) is 2.07. The number of hydrogen-bond donors (Lipinski definition) is 1. The van der Waals surface area contributed by atoms with Crippen molar-refractivity contribution in [2.75, 3.05) is 26.2 Å². The fraction of sp³-hybridized carbons (Fsp3) is 0.385. The molecule has 1 unspecified atom stereocenters. The van der Waals surface area contributed by atoms with Crippen LogP contribution in [0.15, 0.2) is 61.1 Å². The molecule has 182 valence electrons. The standard InChI is InChI=1S/C26H30N6O3/c27-23(33)19-10-15-30(16-11-19)25(34)20-7-6-14-31(18-20)26(35)22-17-28-32(21-8-2-1-3-9-21)24(22)29-12-4-5-13-29/h1-5,8-9,12-13,17,19-20H,6-7,10-11,14-16,18H2,(H2,27,33). The van der Waals surface area contributed by atoms with Crippen LogP contribution in [0, 0.1) is 11.8 Å². The molecule has 3 amide bonds. The molecule has 0 aliphatic carbocycles. The van der Waals surface area contributed by atoms with Crippen LogP contribution in [0.25, 0.3) is 11.5 Å². The van der Waals surface area contributed by atoms with Crippen LogP contribution >= 0.6 is 0 Å². The summed E-state index contributed by atoms with van der Waals surface area (Å²) in [6.07, 6.45) is 8.14. The molecule has 9 nitrogen and oxygen atoms in total. The summed E-state index contributed by atoms with van der Waals surface area (Å²) in [4.78, 5) is 42.0. The summed E-state index contributed by atoms with van der Waals surface area (Å²) >= 11 is 0. The second-order valence-electron chi connectivity index (χ2n) is 9.31. The average molecular weight is 475 g/mol. The predicted octanol–water partition coefficient (Wildman–Crippen LogP) is 2.24. The predicted molar refractivity (Wildman–Crippen MR) is 130 cm³/mol. The van der Waals surface area contributed by atoms with E-state index in [1.54, 1.807) is 15.8 Å². The van der Waals surface area contributed by atoms with E-state index in [1.807, 2.05) is 64.3 Å². The number of likely N-dealkylation sites (tertiary alicyclic amines) is 2. The molecule has 2 fully saturated rings. The van der Waals surface area contributed by atoms with Crippen molar-refractivity contribution in [3.05, 3.63) is 66.6 Å². The molecule has 0 bridgehead atoms. The van der Waals surface area contributed by atoms with Gasteiger partial charge in [-0.1, -0.05) is 18.2 Å². The minimum absolute atomic E-state index is 0.0658. The molecule has 0 spiro atoms. The molecule has 1 aromatic carbocycles. The quantitative estimate of drug-likeness (QED) is 0.612. The SMILES string of the molecule is NC(=O)C1CCN(C(=O)C2CCCN(C(=O)c3cnn(-c4ccccc4)c3-n3cccc3)C2)CC1. The number of nitrogens with zero attached hydrogens (tertiary/aromatic N) is 5. The third kappa shape index (κ3) is 4.58. The highest BCUT2D eigenvalue weighted by Crippen LogP contribution is 2.26. The van der Waals surface area contributed by atoms with Gasteiger partial charge in [0, 0.05) is 44.5 Å². The number of rotatable bonds is 5. The Hall–Kier alpha value is -3.88. The normalized spacial score (nSPS) is 19.0. The fourth-order valence-corrected chi connectivity index (χ4v) is 5.15. The number of amides is 3. The van der Waals surface area contributed by atoms with Gasteiger partial charge in [0.15, 0.2) is 5.82 Å². The van der Waals surface area contributed by atoms with E-state index >= 15 is 0 Å². The van der Waals surface area contributed by atoms with Crippen molar-refractivity contribution in [3.8, 4) is 11.5 Å². The van der Waals surface area contributed by atoms with Crippen LogP contribution < -0.4 is 5.73 Å². The van der Waals surface area contributed by atoms with Gasteiger partial charge in [0.2, 0.25) is 11.8 Å². The molecule has 2 aliphatic heterocycles. The van der Waals surface area contributed by atoms with E-state index in [4.69, 9.17) is 5.73 Å². The first-order valence-electron chi connectivity index (χ1n) is 12.2. The number of carbonyl (C=O) groups excluding carboxylic acids is 3. The number of para-hydroxylation sites is 1. The van der Waals surface area contributed by atoms with E-state index in [9.17, 15) is 14.4 Å². The van der Waals surface area contributed by atoms with Crippen molar-refractivity contribution in [1.82, 2.24) is 24.1 Å². The molecule has 2 aliphatic rings. The van der Waals surface area contributed by atoms with Crippen molar-refractivity contribution in [1.29, 1.82) is 0 Å². The Kier molecular flexibility index (Phi) is 6.39. The first-order chi connectivity index (χ1) is 17.0. The Morgan fingerprint density at radius 2 is 1.57 bits per heavy atom. The molecule has 0 saturated carbocycles. The summed E-state index contributed by atoms with van der Waals surface area (Å²) < 4.78 is 3.66. The topological polar surface area (TPSA) is 106 Å². The highest BCUT2D eigenvalue weighted by Gasteiger charge is 2.35. The number of hydrogen-bond acceptors (Lipinski definition) is 4. The van der Waals surface area contributed by atoms with Crippen molar-refractivity contribution in [2.24, 2.45) is 17.6 Å². The molecule has 2 aromatic heterocycles. The van der Waals surface area contributed by atoms with E-state index in [2.05, 4.69) is 5.10 Å². The first-order valence-corrected chi connectivity index (χ1v) is 12.2. The van der Waals surface area contributed by atoms with E-state index in [0.717, 1.165) is 18.5 Å². The molecule has 3 aromatic rings. The number of nitrogens with two attached hydrogens (primary N) is 1. The van der Waals surface area contributed by atoms with Gasteiger partial charge in [-0.3, -0.25) is 14.4 Å². The van der Waals surface area contributed by atoms with Crippen LogP contribution in [0.4, 0.5) is 0 Å². The number of benzene rings is 1. The van der Waals surface area contributed by atoms with E-state index in [0.29, 0.717) is 50.4 Å². The van der Waals surface area contributed by atoms with Crippen molar-refractivity contribution in [3.63, 3.8) is 0 Å². The maximum atomic E-state index is 13.7. The average Bonchev–Trinajstić information content (AvgIpc) is 3.58. The van der Waals surface area contributed by atoms with E-state index in [1.165, 1.54) is 0 Å². The number of piperidine rings is 2. The van der Waals surface area contributed by atoms with Crippen LogP contribution in [-0.4, -0.2) is 68.0 Å². The molecule has 9 heteroatoms. The Balaban J connectivity index is 1.35. The minimum atomic E-state index is -0.291. The second-order valence-corrected chi connectivity index (χ2v) is 9.31. The van der Waals surface area contributed by atoms with Crippen LogP contribution in [0.5, 0.6) is 0 Å². The lowest BCUT2D eigenvalue weighted by molar-refractivity contribution is -0.139. The van der Waals surface area contributed by atoms with Crippen LogP contribution in [-0.2, 0) is 9.59 Å². The molecule has 2 N–H and O–H groups in total. The third-order valence-corrected chi connectivity index (χ3v) is 7.09. The van der Waals surface area contributed by atoms with Crippen LogP contribution in [0.1, 0.15) is 36.0 Å². The van der Waals surface area contributed by atoms with Gasteiger partial charge >= 0.3 is 0 Å². The van der Waals surface area contributed by atoms with Crippen molar-refractivity contribution < 1.29 is 14.4 Å². The summed E-state index contributed by atoms with van der Waals surface area (Å²) in [5.74, 6) is -0.0696. The monoisotopic (exact) mass is 474 g/mol. The Morgan fingerprint density at radius 3 is 2.26 bits per heavy atom. The molecule has 1 atom stereocenters. The van der Waals surface area contributed by atoms with Crippen molar-refractivity contribution in [2.45, 2.75) is 25.7 Å². The Labute approximate surface area is 204 Å². The molecular weight excluding hydrogens is 444 g/mol. The van der Waals surface area contributed by atoms with Gasteiger partial charge in [0.1, 0.15) is 5.56 Å². The second kappa shape index (κ2) is 9.77. The van der Waals surface area contributed by atoms with E-state index < -0.39 is 0 Å². The van der Waals surface area contributed by atoms with Crippen LogP contribution in [0.3, 0.4) is 0 Å². The maximum absolute atomic E-state index is 13.7. The first kappa shape index (κ1) is 22.9. The number of carbonyl (C=O) groups is 3. The fourth-order valence-electron chi connectivity index (χ4n) is 5.15. The molecule has 2 saturated heterocycles. The molecule has 5 rings (SSSR count). The number of aromatic nitrogens is 3. The van der Waals surface area contributed by atoms with Gasteiger partial charge < -0.3 is 20.1 Å². The van der Waals surface area contributed by atoms with Gasteiger partial charge in [-0.15, -0.1) is 0 Å². The zero-order valence-corrected chi connectivity index (χ0v) is 19.6. The molecule has 0 radical (unpaired) electrons. The van der Waals surface area contributed by atoms with Gasteiger partial charge in [0.25, 0.3) is 5.91 Å². The van der Waals surface area contributed by atoms with Crippen molar-refractivity contribution >= 4 is 17.7 Å². The third-order valence-electron chi connectivity index (χ3n) is 7.09. The van der Waals surface area contributed by atoms with Crippen LogP contribution in [0.2, 0.25) is 0 Å². The summed E-state index contributed by atoms with van der Waals surface area (Å²) in [5, 5.41) is 4.54. The van der Waals surface area contributed by atoms with Gasteiger partial charge in [-0.2, -0.15) is 5.10 Å². The summed E-state index contributed by atoms with van der Waals surface area (Å²) in [6, 6.07) is 13.5. The highest BCUT2D eigenvalue weighted by atomic mass is 16.2. The lowest BCUT2D eigenvalue weighted by atomic mass is 9.92. The van der Waals surface area contributed by atoms with Gasteiger partial charge in [-0.05, 0) is 49.9 Å². The lowest BCUT2D eigenvalue weighted by Crippen LogP contribution is -2.49. The Bertz CT molecular complexity index is 1200. The highest BCUT2D eigenvalue weighted by molar-refractivity contribution is 5.97. The molecule has 35 heavy (non-hydrogen) atoms. The largest absolute Gasteiger partial charge is 0.369 e.